The Kier molecular flexibility index (Phi) is 8.78. The van der Waals surface area contributed by atoms with Gasteiger partial charge in [0.05, 0.1) is 29.5 Å². The Hall–Kier alpha value is -3.59. The van der Waals surface area contributed by atoms with E-state index in [-0.39, 0.29) is 12.2 Å². The molecule has 1 atom stereocenters. The Morgan fingerprint density at radius 2 is 1.79 bits per heavy atom. The molecular weight excluding hydrogens is 593 g/mol. The lowest BCUT2D eigenvalue weighted by atomic mass is 9.93. The van der Waals surface area contributed by atoms with E-state index in [1.165, 1.54) is 11.3 Å². The molecule has 4 aromatic rings. The number of ether oxygens (including phenoxy) is 2. The van der Waals surface area contributed by atoms with Gasteiger partial charge in [-0.25, -0.2) is 9.79 Å². The first-order valence-corrected chi connectivity index (χ1v) is 15.3. The van der Waals surface area contributed by atoms with Crippen molar-refractivity contribution in [3.63, 3.8) is 0 Å². The van der Waals surface area contributed by atoms with Gasteiger partial charge in [-0.15, -0.1) is 0 Å². The summed E-state index contributed by atoms with van der Waals surface area (Å²) in [6, 6.07) is 14.0. The smallest absolute Gasteiger partial charge is 0.338 e. The minimum atomic E-state index is -0.820. The van der Waals surface area contributed by atoms with Crippen LogP contribution >= 0.6 is 34.5 Å². The molecule has 0 amide bonds. The van der Waals surface area contributed by atoms with Gasteiger partial charge in [0.25, 0.3) is 5.56 Å². The van der Waals surface area contributed by atoms with Crippen LogP contribution in [0.4, 0.5) is 0 Å². The number of fused-ring (bicyclic) bond motifs is 1. The number of methoxy groups -OCH3 is 1. The highest BCUT2D eigenvalue weighted by molar-refractivity contribution is 7.07. The highest BCUT2D eigenvalue weighted by Gasteiger charge is 2.36. The number of carbonyl (C=O) groups excluding carboxylic acids is 1. The molecule has 0 N–H and O–H groups in total. The molecule has 0 aliphatic carbocycles. The molecule has 218 valence electrons. The van der Waals surface area contributed by atoms with Gasteiger partial charge in [-0.05, 0) is 87.4 Å². The summed E-state index contributed by atoms with van der Waals surface area (Å²) >= 11 is 13.8. The SMILES string of the molecule is CCCC1=C(C(=O)OCC)[C@H](c2cc(Cl)ccc2OC)n2c(s/c(=C/c3cc(C)n(-c4ccc(Cl)cc4)c3C)c2=O)=N1. The molecule has 0 unspecified atom stereocenters. The van der Waals surface area contributed by atoms with Crippen molar-refractivity contribution in [2.24, 2.45) is 4.99 Å². The molecule has 10 heteroatoms. The van der Waals surface area contributed by atoms with Crippen molar-refractivity contribution in [1.82, 2.24) is 9.13 Å². The van der Waals surface area contributed by atoms with Crippen LogP contribution in [-0.4, -0.2) is 28.8 Å². The zero-order valence-corrected chi connectivity index (χ0v) is 26.4. The van der Waals surface area contributed by atoms with E-state index in [4.69, 9.17) is 37.7 Å². The van der Waals surface area contributed by atoms with Crippen molar-refractivity contribution in [3.8, 4) is 11.4 Å². The van der Waals surface area contributed by atoms with Crippen LogP contribution in [0.3, 0.4) is 0 Å². The van der Waals surface area contributed by atoms with Gasteiger partial charge in [0.2, 0.25) is 0 Å². The number of halogens is 2. The van der Waals surface area contributed by atoms with Crippen molar-refractivity contribution in [1.29, 1.82) is 0 Å². The minimum absolute atomic E-state index is 0.189. The van der Waals surface area contributed by atoms with Crippen LogP contribution in [0.15, 0.2) is 69.6 Å². The Morgan fingerprint density at radius 1 is 1.07 bits per heavy atom. The van der Waals surface area contributed by atoms with Crippen LogP contribution in [0, 0.1) is 13.8 Å². The third-order valence-electron chi connectivity index (χ3n) is 7.22. The highest BCUT2D eigenvalue weighted by atomic mass is 35.5. The Balaban J connectivity index is 1.76. The molecule has 0 saturated carbocycles. The molecular formula is C32H31Cl2N3O4S. The maximum Gasteiger partial charge on any atom is 0.338 e. The summed E-state index contributed by atoms with van der Waals surface area (Å²) in [6.45, 7) is 8.00. The average molecular weight is 625 g/mol. The third kappa shape index (κ3) is 5.46. The first-order chi connectivity index (χ1) is 20.2. The van der Waals surface area contributed by atoms with Gasteiger partial charge in [-0.3, -0.25) is 9.36 Å². The van der Waals surface area contributed by atoms with Crippen molar-refractivity contribution >= 4 is 46.6 Å². The Bertz CT molecular complexity index is 1880. The van der Waals surface area contributed by atoms with Crippen LogP contribution in [0.2, 0.25) is 10.0 Å². The number of thiazole rings is 1. The lowest BCUT2D eigenvalue weighted by Crippen LogP contribution is -2.40. The summed E-state index contributed by atoms with van der Waals surface area (Å²) in [5, 5.41) is 1.12. The lowest BCUT2D eigenvalue weighted by molar-refractivity contribution is -0.139. The van der Waals surface area contributed by atoms with Gasteiger partial charge in [0.1, 0.15) is 11.8 Å². The summed E-state index contributed by atoms with van der Waals surface area (Å²) in [4.78, 5) is 33.0. The molecule has 2 aromatic heterocycles. The van der Waals surface area contributed by atoms with Crippen LogP contribution < -0.4 is 19.6 Å². The molecule has 0 fully saturated rings. The predicted octanol–water partition coefficient (Wildman–Crippen LogP) is 6.30. The van der Waals surface area contributed by atoms with Crippen molar-refractivity contribution in [3.05, 3.63) is 112 Å². The number of hydrogen-bond acceptors (Lipinski definition) is 6. The molecule has 2 aromatic carbocycles. The first-order valence-electron chi connectivity index (χ1n) is 13.7. The fourth-order valence-corrected chi connectivity index (χ4v) is 6.71. The van der Waals surface area contributed by atoms with E-state index < -0.39 is 12.0 Å². The fourth-order valence-electron chi connectivity index (χ4n) is 5.40. The quantitative estimate of drug-likeness (QED) is 0.216. The van der Waals surface area contributed by atoms with Crippen molar-refractivity contribution < 1.29 is 14.3 Å². The van der Waals surface area contributed by atoms with E-state index in [1.807, 2.05) is 57.2 Å². The Morgan fingerprint density at radius 3 is 2.45 bits per heavy atom. The zero-order chi connectivity index (χ0) is 30.1. The van der Waals surface area contributed by atoms with Gasteiger partial charge in [0, 0.05) is 32.7 Å². The lowest BCUT2D eigenvalue weighted by Gasteiger charge is -2.27. The summed E-state index contributed by atoms with van der Waals surface area (Å²) in [6.07, 6.45) is 3.19. The van der Waals surface area contributed by atoms with Gasteiger partial charge in [0.15, 0.2) is 4.80 Å². The number of aromatic nitrogens is 2. The number of hydrogen-bond donors (Lipinski definition) is 0. The fraction of sp³-hybridized carbons (Fsp3) is 0.281. The van der Waals surface area contributed by atoms with E-state index >= 15 is 0 Å². The second kappa shape index (κ2) is 12.3. The summed E-state index contributed by atoms with van der Waals surface area (Å²) in [5.74, 6) is -0.0115. The summed E-state index contributed by atoms with van der Waals surface area (Å²) < 4.78 is 15.4. The Labute approximate surface area is 258 Å². The third-order valence-corrected chi connectivity index (χ3v) is 8.69. The number of allylic oxidation sites excluding steroid dienone is 1. The van der Waals surface area contributed by atoms with E-state index in [2.05, 4.69) is 4.57 Å². The maximum atomic E-state index is 14.2. The van der Waals surface area contributed by atoms with E-state index in [9.17, 15) is 9.59 Å². The van der Waals surface area contributed by atoms with Crippen molar-refractivity contribution in [2.45, 2.75) is 46.6 Å². The maximum absolute atomic E-state index is 14.2. The number of benzene rings is 2. The molecule has 3 heterocycles. The predicted molar refractivity (Wildman–Crippen MR) is 168 cm³/mol. The largest absolute Gasteiger partial charge is 0.496 e. The normalized spacial score (nSPS) is 15.0. The second-order valence-corrected chi connectivity index (χ2v) is 11.8. The molecule has 0 bridgehead atoms. The minimum Gasteiger partial charge on any atom is -0.496 e. The van der Waals surface area contributed by atoms with Gasteiger partial charge in [-0.2, -0.15) is 0 Å². The number of nitrogens with zero attached hydrogens (tertiary/aromatic N) is 3. The standard InChI is InChI=1S/C32H31Cl2N3O4S/c1-6-8-25-28(31(39)41-7-2)29(24-17-22(34)11-14-26(24)40-5)37-30(38)27(42-32(37)35-25)16-20-15-18(3)36(19(20)4)23-12-9-21(33)10-13-23/h9-17,29H,6-8H2,1-5H3/b27-16+/t29-/m0/s1. The molecule has 1 aliphatic rings. The van der Waals surface area contributed by atoms with Gasteiger partial charge in [-0.1, -0.05) is 47.9 Å². The first kappa shape index (κ1) is 29.9. The summed E-state index contributed by atoms with van der Waals surface area (Å²) in [7, 11) is 1.55. The number of aryl methyl sites for hydroxylation is 1. The molecule has 0 spiro atoms. The average Bonchev–Trinajstić information content (AvgIpc) is 3.42. The van der Waals surface area contributed by atoms with E-state index in [1.54, 1.807) is 36.8 Å². The van der Waals surface area contributed by atoms with Crippen LogP contribution in [0.5, 0.6) is 5.75 Å². The van der Waals surface area contributed by atoms with E-state index in [0.717, 1.165) is 29.1 Å². The number of esters is 1. The van der Waals surface area contributed by atoms with Crippen LogP contribution in [-0.2, 0) is 9.53 Å². The number of carbonyl (C=O) groups is 1. The zero-order valence-electron chi connectivity index (χ0n) is 24.0. The number of rotatable bonds is 8. The van der Waals surface area contributed by atoms with Crippen LogP contribution in [0.1, 0.15) is 55.2 Å². The molecule has 0 saturated heterocycles. The molecule has 7 nitrogen and oxygen atoms in total. The topological polar surface area (TPSA) is 74.8 Å². The van der Waals surface area contributed by atoms with Gasteiger partial charge >= 0.3 is 5.97 Å². The monoisotopic (exact) mass is 623 g/mol. The van der Waals surface area contributed by atoms with Crippen LogP contribution in [0.25, 0.3) is 11.8 Å². The second-order valence-electron chi connectivity index (χ2n) is 9.94. The highest BCUT2D eigenvalue weighted by Crippen LogP contribution is 2.38. The molecule has 5 rings (SSSR count). The molecule has 0 radical (unpaired) electrons. The van der Waals surface area contributed by atoms with Gasteiger partial charge < -0.3 is 14.0 Å². The van der Waals surface area contributed by atoms with Crippen molar-refractivity contribution in [2.75, 3.05) is 13.7 Å². The molecule has 42 heavy (non-hydrogen) atoms. The summed E-state index contributed by atoms with van der Waals surface area (Å²) in [5.41, 5.74) is 5.12. The van der Waals surface area contributed by atoms with E-state index in [0.29, 0.717) is 48.4 Å². The molecule has 1 aliphatic heterocycles.